The lowest BCUT2D eigenvalue weighted by Crippen LogP contribution is -2.31. The molecule has 0 amide bonds. The van der Waals surface area contributed by atoms with Crippen LogP contribution in [-0.4, -0.2) is 55.2 Å². The third-order valence-electron chi connectivity index (χ3n) is 3.01. The Labute approximate surface area is 100 Å². The summed E-state index contributed by atoms with van der Waals surface area (Å²) in [4.78, 5) is 22.7. The van der Waals surface area contributed by atoms with Crippen LogP contribution >= 0.6 is 0 Å². The SMILES string of the molecule is COc1c(N2CCCN(C)CC2)nc[nH]c1=O. The highest BCUT2D eigenvalue weighted by Gasteiger charge is 2.19. The van der Waals surface area contributed by atoms with Crippen molar-refractivity contribution in [2.45, 2.75) is 6.42 Å². The number of ether oxygens (including phenoxy) is 1. The topological polar surface area (TPSA) is 61.5 Å². The van der Waals surface area contributed by atoms with E-state index >= 15 is 0 Å². The van der Waals surface area contributed by atoms with Crippen LogP contribution in [0.5, 0.6) is 5.75 Å². The second-order valence-corrected chi connectivity index (χ2v) is 4.23. The predicted molar refractivity (Wildman–Crippen MR) is 65.7 cm³/mol. The first-order valence-electron chi connectivity index (χ1n) is 5.77. The van der Waals surface area contributed by atoms with Crippen molar-refractivity contribution in [1.82, 2.24) is 14.9 Å². The standard InChI is InChI=1S/C11H18N4O2/c1-14-4-3-5-15(7-6-14)10-9(17-2)11(16)13-8-12-10/h8H,3-7H2,1-2H3,(H,12,13,16). The normalized spacial score (nSPS) is 17.9. The van der Waals surface area contributed by atoms with E-state index in [0.717, 1.165) is 32.6 Å². The van der Waals surface area contributed by atoms with Crippen molar-refractivity contribution >= 4 is 5.82 Å². The lowest BCUT2D eigenvalue weighted by Gasteiger charge is -2.22. The highest BCUT2D eigenvalue weighted by Crippen LogP contribution is 2.21. The van der Waals surface area contributed by atoms with E-state index < -0.39 is 0 Å². The maximum absolute atomic E-state index is 11.6. The summed E-state index contributed by atoms with van der Waals surface area (Å²) in [6.07, 6.45) is 2.49. The van der Waals surface area contributed by atoms with Crippen molar-refractivity contribution in [3.05, 3.63) is 16.7 Å². The van der Waals surface area contributed by atoms with Gasteiger partial charge in [0.15, 0.2) is 5.82 Å². The molecule has 0 spiro atoms. The molecule has 1 fully saturated rings. The zero-order valence-corrected chi connectivity index (χ0v) is 10.3. The first-order valence-corrected chi connectivity index (χ1v) is 5.77. The maximum Gasteiger partial charge on any atom is 0.295 e. The summed E-state index contributed by atoms with van der Waals surface area (Å²) in [6, 6.07) is 0. The van der Waals surface area contributed by atoms with Gasteiger partial charge in [-0.15, -0.1) is 0 Å². The summed E-state index contributed by atoms with van der Waals surface area (Å²) in [6.45, 7) is 3.81. The van der Waals surface area contributed by atoms with Crippen molar-refractivity contribution in [3.63, 3.8) is 0 Å². The Kier molecular flexibility index (Phi) is 3.63. The number of hydrogen-bond donors (Lipinski definition) is 1. The first-order chi connectivity index (χ1) is 8.22. The quantitative estimate of drug-likeness (QED) is 0.781. The molecule has 0 unspecified atom stereocenters. The summed E-state index contributed by atoms with van der Waals surface area (Å²) >= 11 is 0. The second kappa shape index (κ2) is 5.18. The van der Waals surface area contributed by atoms with Gasteiger partial charge in [-0.05, 0) is 20.0 Å². The molecule has 6 nitrogen and oxygen atoms in total. The molecule has 0 aliphatic carbocycles. The Morgan fingerprint density at radius 1 is 1.35 bits per heavy atom. The van der Waals surface area contributed by atoms with Gasteiger partial charge >= 0.3 is 0 Å². The van der Waals surface area contributed by atoms with Gasteiger partial charge in [-0.25, -0.2) is 4.98 Å². The van der Waals surface area contributed by atoms with Gasteiger partial charge < -0.3 is 19.5 Å². The predicted octanol–water partition coefficient (Wildman–Crippen LogP) is -0.0796. The number of methoxy groups -OCH3 is 1. The Morgan fingerprint density at radius 2 is 2.18 bits per heavy atom. The van der Waals surface area contributed by atoms with Crippen molar-refractivity contribution in [3.8, 4) is 5.75 Å². The van der Waals surface area contributed by atoms with Gasteiger partial charge in [0.2, 0.25) is 5.75 Å². The third kappa shape index (κ3) is 2.58. The van der Waals surface area contributed by atoms with Crippen molar-refractivity contribution < 1.29 is 4.74 Å². The molecule has 94 valence electrons. The number of nitrogens with one attached hydrogen (secondary N) is 1. The molecule has 0 saturated carbocycles. The van der Waals surface area contributed by atoms with Crippen molar-refractivity contribution in [2.24, 2.45) is 0 Å². The fourth-order valence-electron chi connectivity index (χ4n) is 2.05. The molecule has 1 aliphatic heterocycles. The Bertz CT molecular complexity index is 432. The second-order valence-electron chi connectivity index (χ2n) is 4.23. The Hall–Kier alpha value is -1.56. The molecule has 17 heavy (non-hydrogen) atoms. The zero-order valence-electron chi connectivity index (χ0n) is 10.3. The minimum Gasteiger partial charge on any atom is -0.489 e. The molecule has 6 heteroatoms. The number of anilines is 1. The molecule has 0 radical (unpaired) electrons. The van der Waals surface area contributed by atoms with E-state index in [-0.39, 0.29) is 5.56 Å². The van der Waals surface area contributed by atoms with E-state index in [4.69, 9.17) is 4.74 Å². The van der Waals surface area contributed by atoms with E-state index in [2.05, 4.69) is 26.8 Å². The Balaban J connectivity index is 2.27. The molecule has 1 N–H and O–H groups in total. The van der Waals surface area contributed by atoms with Gasteiger partial charge in [0.05, 0.1) is 13.4 Å². The van der Waals surface area contributed by atoms with Gasteiger partial charge in [0.25, 0.3) is 5.56 Å². The zero-order chi connectivity index (χ0) is 12.3. The van der Waals surface area contributed by atoms with Gasteiger partial charge in [-0.1, -0.05) is 0 Å². The van der Waals surface area contributed by atoms with Crippen LogP contribution < -0.4 is 15.2 Å². The minimum atomic E-state index is -0.227. The summed E-state index contributed by atoms with van der Waals surface area (Å²) in [5.74, 6) is 0.948. The van der Waals surface area contributed by atoms with Crippen molar-refractivity contribution in [2.75, 3.05) is 45.2 Å². The highest BCUT2D eigenvalue weighted by molar-refractivity contribution is 5.50. The molecule has 0 aromatic carbocycles. The van der Waals surface area contributed by atoms with Crippen LogP contribution in [0.3, 0.4) is 0 Å². The summed E-state index contributed by atoms with van der Waals surface area (Å²) in [5.41, 5.74) is -0.227. The number of likely N-dealkylation sites (N-methyl/N-ethyl adjacent to an activating group) is 1. The van der Waals surface area contributed by atoms with Crippen LogP contribution in [0, 0.1) is 0 Å². The molecule has 2 heterocycles. The van der Waals surface area contributed by atoms with Gasteiger partial charge in [-0.2, -0.15) is 0 Å². The lowest BCUT2D eigenvalue weighted by molar-refractivity contribution is 0.359. The van der Waals surface area contributed by atoms with E-state index in [9.17, 15) is 4.79 Å². The van der Waals surface area contributed by atoms with Gasteiger partial charge in [0, 0.05) is 19.6 Å². The van der Waals surface area contributed by atoms with Gasteiger partial charge in [-0.3, -0.25) is 4.79 Å². The molecule has 2 rings (SSSR count). The highest BCUT2D eigenvalue weighted by atomic mass is 16.5. The number of aromatic amines is 1. The molecule has 1 aromatic rings. The lowest BCUT2D eigenvalue weighted by atomic mass is 10.3. The largest absolute Gasteiger partial charge is 0.489 e. The fraction of sp³-hybridized carbons (Fsp3) is 0.636. The number of rotatable bonds is 2. The van der Waals surface area contributed by atoms with Crippen LogP contribution in [0.25, 0.3) is 0 Å². The summed E-state index contributed by atoms with van der Waals surface area (Å²) < 4.78 is 5.14. The van der Waals surface area contributed by atoms with Crippen LogP contribution in [0.15, 0.2) is 11.1 Å². The number of H-pyrrole nitrogens is 1. The van der Waals surface area contributed by atoms with E-state index in [0.29, 0.717) is 11.6 Å². The Morgan fingerprint density at radius 3 is 2.94 bits per heavy atom. The van der Waals surface area contributed by atoms with Crippen LogP contribution in [0.1, 0.15) is 6.42 Å². The third-order valence-corrected chi connectivity index (χ3v) is 3.01. The molecule has 0 atom stereocenters. The van der Waals surface area contributed by atoms with E-state index in [1.807, 2.05) is 0 Å². The number of aromatic nitrogens is 2. The van der Waals surface area contributed by atoms with Crippen molar-refractivity contribution in [1.29, 1.82) is 0 Å². The summed E-state index contributed by atoms with van der Waals surface area (Å²) in [5, 5.41) is 0. The van der Waals surface area contributed by atoms with Crippen LogP contribution in [0.4, 0.5) is 5.82 Å². The molecular formula is C11H18N4O2. The molecular weight excluding hydrogens is 220 g/mol. The molecule has 0 bridgehead atoms. The average molecular weight is 238 g/mol. The number of hydrogen-bond acceptors (Lipinski definition) is 5. The smallest absolute Gasteiger partial charge is 0.295 e. The minimum absolute atomic E-state index is 0.227. The average Bonchev–Trinajstić information content (AvgIpc) is 2.54. The number of nitrogens with zero attached hydrogens (tertiary/aromatic N) is 3. The van der Waals surface area contributed by atoms with Crippen LogP contribution in [0.2, 0.25) is 0 Å². The molecule has 1 saturated heterocycles. The van der Waals surface area contributed by atoms with Crippen LogP contribution in [-0.2, 0) is 0 Å². The summed E-state index contributed by atoms with van der Waals surface area (Å²) in [7, 11) is 3.60. The first kappa shape index (κ1) is 11.9. The van der Waals surface area contributed by atoms with Gasteiger partial charge in [0.1, 0.15) is 0 Å². The fourth-order valence-corrected chi connectivity index (χ4v) is 2.05. The monoisotopic (exact) mass is 238 g/mol. The molecule has 1 aliphatic rings. The molecule has 1 aromatic heterocycles. The van der Waals surface area contributed by atoms with E-state index in [1.54, 1.807) is 0 Å². The van der Waals surface area contributed by atoms with E-state index in [1.165, 1.54) is 13.4 Å². The maximum atomic E-state index is 11.6.